The van der Waals surface area contributed by atoms with E-state index in [1.807, 2.05) is 41.8 Å². The lowest BCUT2D eigenvalue weighted by Crippen LogP contribution is -2.11. The van der Waals surface area contributed by atoms with E-state index in [-0.39, 0.29) is 0 Å². The van der Waals surface area contributed by atoms with Gasteiger partial charge >= 0.3 is 0 Å². The highest BCUT2D eigenvalue weighted by atomic mass is 32.1. The number of nitrogens with zero attached hydrogens (tertiary/aromatic N) is 2. The Hall–Kier alpha value is -5.65. The van der Waals surface area contributed by atoms with Gasteiger partial charge in [0.2, 0.25) is 0 Å². The summed E-state index contributed by atoms with van der Waals surface area (Å²) in [5.74, 6) is 0.870. The maximum atomic E-state index is 6.35. The number of hydrogen-bond acceptors (Lipinski definition) is 5. The molecule has 4 heterocycles. The molecule has 0 saturated heterocycles. The predicted molar refractivity (Wildman–Crippen MR) is 184 cm³/mol. The minimum Gasteiger partial charge on any atom is -0.456 e. The Bertz CT molecular complexity index is 2640. The lowest BCUT2D eigenvalue weighted by Gasteiger charge is -2.25. The summed E-state index contributed by atoms with van der Waals surface area (Å²) in [6.07, 6.45) is 1.92. The molecule has 206 valence electrons. The molecule has 0 fully saturated rings. The van der Waals surface area contributed by atoms with Gasteiger partial charge in [-0.3, -0.25) is 4.90 Å². The molecule has 10 aromatic rings. The van der Waals surface area contributed by atoms with Crippen molar-refractivity contribution in [3.63, 3.8) is 0 Å². The van der Waals surface area contributed by atoms with Gasteiger partial charge in [0.25, 0.3) is 0 Å². The second kappa shape index (κ2) is 8.93. The molecular weight excluding hydrogens is 561 g/mol. The third-order valence-corrected chi connectivity index (χ3v) is 9.91. The first kappa shape index (κ1) is 23.9. The number of rotatable bonds is 3. The topological polar surface area (TPSA) is 42.4 Å². The first-order valence-electron chi connectivity index (χ1n) is 14.6. The zero-order chi connectivity index (χ0) is 28.8. The van der Waals surface area contributed by atoms with Gasteiger partial charge in [0.15, 0.2) is 0 Å². The molecule has 10 rings (SSSR count). The van der Waals surface area contributed by atoms with Crippen molar-refractivity contribution in [1.82, 2.24) is 4.98 Å². The third kappa shape index (κ3) is 3.36. The van der Waals surface area contributed by atoms with Gasteiger partial charge in [0.1, 0.15) is 28.1 Å². The number of pyridine rings is 1. The fourth-order valence-electron chi connectivity index (χ4n) is 6.70. The summed E-state index contributed by atoms with van der Waals surface area (Å²) in [7, 11) is 0. The van der Waals surface area contributed by atoms with Crippen molar-refractivity contribution < 1.29 is 8.83 Å². The van der Waals surface area contributed by atoms with E-state index in [2.05, 4.69) is 108 Å². The van der Waals surface area contributed by atoms with Crippen molar-refractivity contribution >= 4 is 103 Å². The van der Waals surface area contributed by atoms with Gasteiger partial charge in [-0.1, -0.05) is 72.8 Å². The summed E-state index contributed by atoms with van der Waals surface area (Å²) in [5, 5.41) is 9.24. The highest BCUT2D eigenvalue weighted by molar-refractivity contribution is 7.26. The zero-order valence-electron chi connectivity index (χ0n) is 23.3. The zero-order valence-corrected chi connectivity index (χ0v) is 24.1. The molecule has 6 aromatic carbocycles. The molecule has 0 bridgehead atoms. The monoisotopic (exact) mass is 582 g/mol. The maximum Gasteiger partial charge on any atom is 0.146 e. The highest BCUT2D eigenvalue weighted by Gasteiger charge is 2.22. The van der Waals surface area contributed by atoms with Crippen LogP contribution in [0.4, 0.5) is 17.2 Å². The van der Waals surface area contributed by atoms with Gasteiger partial charge in [-0.05, 0) is 53.2 Å². The molecule has 44 heavy (non-hydrogen) atoms. The van der Waals surface area contributed by atoms with Gasteiger partial charge < -0.3 is 8.83 Å². The first-order valence-corrected chi connectivity index (χ1v) is 15.4. The van der Waals surface area contributed by atoms with Crippen LogP contribution in [0.15, 0.2) is 142 Å². The van der Waals surface area contributed by atoms with Gasteiger partial charge in [-0.15, -0.1) is 11.3 Å². The van der Waals surface area contributed by atoms with Gasteiger partial charge in [-0.2, -0.15) is 0 Å². The normalized spacial score (nSPS) is 12.1. The quantitative estimate of drug-likeness (QED) is 0.208. The van der Waals surface area contributed by atoms with Crippen molar-refractivity contribution in [2.75, 3.05) is 4.90 Å². The van der Waals surface area contributed by atoms with Crippen LogP contribution in [0, 0.1) is 0 Å². The van der Waals surface area contributed by atoms with E-state index in [1.165, 1.54) is 25.6 Å². The van der Waals surface area contributed by atoms with Crippen LogP contribution in [0.3, 0.4) is 0 Å². The van der Waals surface area contributed by atoms with Crippen molar-refractivity contribution in [3.05, 3.63) is 134 Å². The number of anilines is 3. The van der Waals surface area contributed by atoms with Crippen LogP contribution >= 0.6 is 11.3 Å². The summed E-state index contributed by atoms with van der Waals surface area (Å²) in [4.78, 5) is 7.32. The number of furan rings is 2. The SMILES string of the molecule is c1ccc2c(c1)ccc1c2sc2ccnc(N(c3ccc4c(c3)oc3ccccc34)c3ccc4c(c3)oc3ccccc34)c21. The van der Waals surface area contributed by atoms with E-state index in [4.69, 9.17) is 13.8 Å². The highest BCUT2D eigenvalue weighted by Crippen LogP contribution is 2.47. The molecule has 0 saturated carbocycles. The van der Waals surface area contributed by atoms with E-state index in [9.17, 15) is 0 Å². The minimum atomic E-state index is 0.840. The first-order chi connectivity index (χ1) is 21.8. The van der Waals surface area contributed by atoms with E-state index in [1.54, 1.807) is 0 Å². The van der Waals surface area contributed by atoms with Gasteiger partial charge in [-0.25, -0.2) is 4.98 Å². The van der Waals surface area contributed by atoms with Crippen molar-refractivity contribution in [2.45, 2.75) is 0 Å². The van der Waals surface area contributed by atoms with Gasteiger partial charge in [0, 0.05) is 60.0 Å². The number of thiophene rings is 1. The molecule has 0 aliphatic carbocycles. The van der Waals surface area contributed by atoms with Crippen LogP contribution in [-0.2, 0) is 0 Å². The minimum absolute atomic E-state index is 0.840. The average molecular weight is 583 g/mol. The lowest BCUT2D eigenvalue weighted by molar-refractivity contribution is 0.669. The number of benzene rings is 6. The Kier molecular flexibility index (Phi) is 4.84. The fourth-order valence-corrected chi connectivity index (χ4v) is 7.93. The molecule has 5 heteroatoms. The number of para-hydroxylation sites is 2. The molecule has 4 aromatic heterocycles. The van der Waals surface area contributed by atoms with Crippen LogP contribution in [0.1, 0.15) is 0 Å². The summed E-state index contributed by atoms with van der Waals surface area (Å²) >= 11 is 1.82. The lowest BCUT2D eigenvalue weighted by atomic mass is 10.1. The average Bonchev–Trinajstić information content (AvgIpc) is 3.76. The molecule has 0 spiro atoms. The third-order valence-electron chi connectivity index (χ3n) is 8.71. The fraction of sp³-hybridized carbons (Fsp3) is 0. The van der Waals surface area contributed by atoms with Crippen LogP contribution in [-0.4, -0.2) is 4.98 Å². The standard InChI is InChI=1S/C39H22N2O2S/c1-2-8-26-23(7-1)13-16-31-37-36(44-38(26)31)19-20-40-39(37)41(24-14-17-29-27-9-3-5-11-32(27)42-34(29)21-24)25-15-18-30-28-10-4-6-12-33(28)43-35(30)22-25/h1-22H. The molecule has 0 radical (unpaired) electrons. The summed E-state index contributed by atoms with van der Waals surface area (Å²) in [6.45, 7) is 0. The van der Waals surface area contributed by atoms with E-state index < -0.39 is 0 Å². The second-order valence-corrected chi connectivity index (χ2v) is 12.2. The second-order valence-electron chi connectivity index (χ2n) is 11.2. The molecule has 0 unspecified atom stereocenters. The predicted octanol–water partition coefficient (Wildman–Crippen LogP) is 11.9. The Balaban J connectivity index is 1.28. The number of hydrogen-bond donors (Lipinski definition) is 0. The summed E-state index contributed by atoms with van der Waals surface area (Å²) < 4.78 is 15.2. The van der Waals surface area contributed by atoms with Crippen LogP contribution in [0.5, 0.6) is 0 Å². The largest absolute Gasteiger partial charge is 0.456 e. The Labute approximate surface area is 255 Å². The van der Waals surface area contributed by atoms with Gasteiger partial charge in [0.05, 0.1) is 11.4 Å². The van der Waals surface area contributed by atoms with Crippen molar-refractivity contribution in [2.24, 2.45) is 0 Å². The van der Waals surface area contributed by atoms with Crippen LogP contribution < -0.4 is 4.90 Å². The van der Waals surface area contributed by atoms with E-state index in [0.717, 1.165) is 66.5 Å². The molecule has 0 aliphatic rings. The van der Waals surface area contributed by atoms with E-state index in [0.29, 0.717) is 0 Å². The number of fused-ring (bicyclic) bond motifs is 11. The molecule has 4 nitrogen and oxygen atoms in total. The van der Waals surface area contributed by atoms with Crippen LogP contribution in [0.2, 0.25) is 0 Å². The number of aromatic nitrogens is 1. The van der Waals surface area contributed by atoms with Crippen LogP contribution in [0.25, 0.3) is 74.8 Å². The molecule has 0 amide bonds. The maximum absolute atomic E-state index is 6.35. The summed E-state index contributed by atoms with van der Waals surface area (Å²) in [6, 6.07) is 44.5. The Morgan fingerprint density at radius 2 is 1.07 bits per heavy atom. The molecule has 0 N–H and O–H groups in total. The Morgan fingerprint density at radius 1 is 0.500 bits per heavy atom. The molecular formula is C39H22N2O2S. The Morgan fingerprint density at radius 3 is 1.75 bits per heavy atom. The van der Waals surface area contributed by atoms with Crippen molar-refractivity contribution in [1.29, 1.82) is 0 Å². The van der Waals surface area contributed by atoms with E-state index >= 15 is 0 Å². The smallest absolute Gasteiger partial charge is 0.146 e. The molecule has 0 atom stereocenters. The van der Waals surface area contributed by atoms with Crippen molar-refractivity contribution in [3.8, 4) is 0 Å². The molecule has 0 aliphatic heterocycles. The summed E-state index contributed by atoms with van der Waals surface area (Å²) in [5.41, 5.74) is 5.37.